The number of nitrogens with zero attached hydrogens (tertiary/aromatic N) is 1. The minimum atomic E-state index is -0.384. The number of benzene rings is 1. The van der Waals surface area contributed by atoms with Crippen LogP contribution in [0, 0.1) is 12.3 Å². The molecule has 6 heteroatoms. The normalized spacial score (nSPS) is 16.0. The summed E-state index contributed by atoms with van der Waals surface area (Å²) in [7, 11) is 0. The lowest BCUT2D eigenvalue weighted by Gasteiger charge is -2.19. The van der Waals surface area contributed by atoms with E-state index < -0.39 is 0 Å². The fraction of sp³-hybridized carbons (Fsp3) is 0.333. The van der Waals surface area contributed by atoms with Crippen LogP contribution in [0.25, 0.3) is 0 Å². The minimum Gasteiger partial charge on any atom is -0.489 e. The standard InChI is InChI=1S/C18H20N2O4/c1-12-6-7-22-16(12)17(21)20-19-9-13-4-5-14-15(8-13)24-11-18(2,3)10-23-14/h4-9H,10-11H2,1-3H3,(H,20,21)/b19-9+. The molecule has 6 nitrogen and oxygen atoms in total. The maximum Gasteiger partial charge on any atom is 0.307 e. The number of furan rings is 1. The van der Waals surface area contributed by atoms with Gasteiger partial charge in [-0.1, -0.05) is 13.8 Å². The lowest BCUT2D eigenvalue weighted by Crippen LogP contribution is -2.26. The van der Waals surface area contributed by atoms with Crippen molar-refractivity contribution in [1.82, 2.24) is 5.43 Å². The zero-order valence-corrected chi connectivity index (χ0v) is 14.0. The van der Waals surface area contributed by atoms with E-state index in [9.17, 15) is 4.79 Å². The summed E-state index contributed by atoms with van der Waals surface area (Å²) in [6.07, 6.45) is 3.02. The van der Waals surface area contributed by atoms with Crippen LogP contribution in [0.5, 0.6) is 11.5 Å². The van der Waals surface area contributed by atoms with Crippen molar-refractivity contribution >= 4 is 12.1 Å². The van der Waals surface area contributed by atoms with Crippen LogP contribution in [0.15, 0.2) is 40.0 Å². The molecule has 2 aromatic rings. The highest BCUT2D eigenvalue weighted by Crippen LogP contribution is 2.33. The molecule has 0 atom stereocenters. The van der Waals surface area contributed by atoms with Gasteiger partial charge in [-0.15, -0.1) is 0 Å². The van der Waals surface area contributed by atoms with Crippen LogP contribution in [0.4, 0.5) is 0 Å². The number of hydrogen-bond acceptors (Lipinski definition) is 5. The average molecular weight is 328 g/mol. The summed E-state index contributed by atoms with van der Waals surface area (Å²) in [5.41, 5.74) is 3.97. The molecule has 0 aliphatic carbocycles. The van der Waals surface area contributed by atoms with Crippen molar-refractivity contribution in [2.75, 3.05) is 13.2 Å². The molecule has 1 N–H and O–H groups in total. The third-order valence-electron chi connectivity index (χ3n) is 3.65. The number of hydrazone groups is 1. The number of rotatable bonds is 3. The molecular weight excluding hydrogens is 308 g/mol. The minimum absolute atomic E-state index is 0.0395. The monoisotopic (exact) mass is 328 g/mol. The van der Waals surface area contributed by atoms with E-state index in [1.54, 1.807) is 19.2 Å². The van der Waals surface area contributed by atoms with Crippen molar-refractivity contribution in [2.45, 2.75) is 20.8 Å². The van der Waals surface area contributed by atoms with Gasteiger partial charge in [0.2, 0.25) is 0 Å². The summed E-state index contributed by atoms with van der Waals surface area (Å²) in [5.74, 6) is 1.27. The van der Waals surface area contributed by atoms with Crippen LogP contribution in [0.1, 0.15) is 35.5 Å². The quantitative estimate of drug-likeness (QED) is 0.694. The fourth-order valence-corrected chi connectivity index (χ4v) is 2.25. The molecule has 0 bridgehead atoms. The van der Waals surface area contributed by atoms with Gasteiger partial charge in [-0.2, -0.15) is 5.10 Å². The molecule has 1 amide bonds. The molecule has 2 heterocycles. The van der Waals surface area contributed by atoms with Crippen molar-refractivity contribution < 1.29 is 18.7 Å². The molecule has 1 aliphatic heterocycles. The molecule has 0 radical (unpaired) electrons. The summed E-state index contributed by atoms with van der Waals surface area (Å²) in [6, 6.07) is 7.26. The third-order valence-corrected chi connectivity index (χ3v) is 3.65. The topological polar surface area (TPSA) is 73.1 Å². The van der Waals surface area contributed by atoms with Crippen molar-refractivity contribution in [1.29, 1.82) is 0 Å². The Bertz CT molecular complexity index is 777. The van der Waals surface area contributed by atoms with Crippen molar-refractivity contribution in [3.63, 3.8) is 0 Å². The number of ether oxygens (including phenoxy) is 2. The Hall–Kier alpha value is -2.76. The molecule has 1 aromatic heterocycles. The summed E-state index contributed by atoms with van der Waals surface area (Å²) < 4.78 is 16.7. The maximum absolute atomic E-state index is 11.9. The highest BCUT2D eigenvalue weighted by atomic mass is 16.5. The predicted molar refractivity (Wildman–Crippen MR) is 89.7 cm³/mol. The second kappa shape index (κ2) is 6.39. The van der Waals surface area contributed by atoms with E-state index in [2.05, 4.69) is 24.4 Å². The van der Waals surface area contributed by atoms with E-state index in [-0.39, 0.29) is 17.1 Å². The molecule has 3 rings (SSSR count). The van der Waals surface area contributed by atoms with Gasteiger partial charge in [0.15, 0.2) is 17.3 Å². The van der Waals surface area contributed by atoms with E-state index in [4.69, 9.17) is 13.9 Å². The molecule has 0 spiro atoms. The average Bonchev–Trinajstić information content (AvgIpc) is 2.91. The molecule has 0 saturated carbocycles. The molecule has 0 fully saturated rings. The first kappa shape index (κ1) is 16.1. The first-order chi connectivity index (χ1) is 11.4. The molecule has 0 saturated heterocycles. The first-order valence-electron chi connectivity index (χ1n) is 7.72. The van der Waals surface area contributed by atoms with Gasteiger partial charge >= 0.3 is 5.91 Å². The second-order valence-corrected chi connectivity index (χ2v) is 6.58. The lowest BCUT2D eigenvalue weighted by molar-refractivity contribution is 0.0926. The van der Waals surface area contributed by atoms with Crippen molar-refractivity contribution in [3.8, 4) is 11.5 Å². The molecule has 24 heavy (non-hydrogen) atoms. The van der Waals surface area contributed by atoms with E-state index in [0.29, 0.717) is 24.7 Å². The molecule has 1 aliphatic rings. The van der Waals surface area contributed by atoms with Crippen LogP contribution >= 0.6 is 0 Å². The number of fused-ring (bicyclic) bond motifs is 1. The number of aryl methyl sites for hydroxylation is 1. The van der Waals surface area contributed by atoms with Gasteiger partial charge in [-0.25, -0.2) is 5.43 Å². The SMILES string of the molecule is Cc1ccoc1C(=O)N/N=C/c1ccc2c(c1)OCC(C)(C)CO2. The zero-order valence-electron chi connectivity index (χ0n) is 14.0. The Balaban J connectivity index is 1.67. The Labute approximate surface area is 140 Å². The highest BCUT2D eigenvalue weighted by Gasteiger charge is 2.25. The van der Waals surface area contributed by atoms with Gasteiger partial charge in [0, 0.05) is 11.0 Å². The van der Waals surface area contributed by atoms with Gasteiger partial charge in [-0.05, 0) is 36.8 Å². The number of carbonyl (C=O) groups is 1. The van der Waals surface area contributed by atoms with E-state index in [1.165, 1.54) is 6.26 Å². The number of hydrogen-bond donors (Lipinski definition) is 1. The van der Waals surface area contributed by atoms with E-state index in [0.717, 1.165) is 11.1 Å². The number of amides is 1. The third kappa shape index (κ3) is 3.59. The zero-order chi connectivity index (χ0) is 17.2. The largest absolute Gasteiger partial charge is 0.489 e. The molecule has 0 unspecified atom stereocenters. The first-order valence-corrected chi connectivity index (χ1v) is 7.72. The smallest absolute Gasteiger partial charge is 0.307 e. The maximum atomic E-state index is 11.9. The second-order valence-electron chi connectivity index (χ2n) is 6.58. The van der Waals surface area contributed by atoms with Crippen LogP contribution in [0.2, 0.25) is 0 Å². The fourth-order valence-electron chi connectivity index (χ4n) is 2.25. The van der Waals surface area contributed by atoms with Crippen molar-refractivity contribution in [3.05, 3.63) is 47.4 Å². The van der Waals surface area contributed by atoms with Crippen LogP contribution in [0.3, 0.4) is 0 Å². The predicted octanol–water partition coefficient (Wildman–Crippen LogP) is 3.15. The highest BCUT2D eigenvalue weighted by molar-refractivity contribution is 5.93. The lowest BCUT2D eigenvalue weighted by atomic mass is 9.97. The van der Waals surface area contributed by atoms with Crippen LogP contribution in [-0.2, 0) is 0 Å². The van der Waals surface area contributed by atoms with Gasteiger partial charge in [0.05, 0.1) is 25.7 Å². The van der Waals surface area contributed by atoms with Crippen molar-refractivity contribution in [2.24, 2.45) is 10.5 Å². The van der Waals surface area contributed by atoms with Gasteiger partial charge < -0.3 is 13.9 Å². The van der Waals surface area contributed by atoms with E-state index in [1.807, 2.05) is 18.2 Å². The Morgan fingerprint density at radius 3 is 2.67 bits per heavy atom. The summed E-state index contributed by atoms with van der Waals surface area (Å²) in [6.45, 7) is 7.16. The molecule has 126 valence electrons. The van der Waals surface area contributed by atoms with Crippen LogP contribution in [-0.4, -0.2) is 25.3 Å². The summed E-state index contributed by atoms with van der Waals surface area (Å²) in [4.78, 5) is 11.9. The Morgan fingerprint density at radius 2 is 1.96 bits per heavy atom. The Kier molecular flexibility index (Phi) is 4.29. The molecular formula is C18H20N2O4. The van der Waals surface area contributed by atoms with Gasteiger partial charge in [0.25, 0.3) is 0 Å². The molecule has 1 aromatic carbocycles. The van der Waals surface area contributed by atoms with E-state index >= 15 is 0 Å². The Morgan fingerprint density at radius 1 is 1.21 bits per heavy atom. The summed E-state index contributed by atoms with van der Waals surface area (Å²) >= 11 is 0. The summed E-state index contributed by atoms with van der Waals surface area (Å²) in [5, 5.41) is 3.96. The number of nitrogens with one attached hydrogen (secondary N) is 1. The van der Waals surface area contributed by atoms with Crippen LogP contribution < -0.4 is 14.9 Å². The number of carbonyl (C=O) groups excluding carboxylic acids is 1. The van der Waals surface area contributed by atoms with Gasteiger partial charge in [0.1, 0.15) is 0 Å². The van der Waals surface area contributed by atoms with Gasteiger partial charge in [-0.3, -0.25) is 4.79 Å².